The van der Waals surface area contributed by atoms with Gasteiger partial charge in [0.15, 0.2) is 0 Å². The predicted molar refractivity (Wildman–Crippen MR) is 71.4 cm³/mol. The fourth-order valence-electron chi connectivity index (χ4n) is 3.44. The van der Waals surface area contributed by atoms with Crippen molar-refractivity contribution in [2.45, 2.75) is 31.2 Å². The number of hydrogen-bond acceptors (Lipinski definition) is 3. The topological polar surface area (TPSA) is 32.8 Å². The van der Waals surface area contributed by atoms with Crippen LogP contribution in [0, 0.1) is 0 Å². The second-order valence-electron chi connectivity index (χ2n) is 5.41. The molecule has 0 unspecified atom stereocenters. The van der Waals surface area contributed by atoms with Crippen LogP contribution in [0.2, 0.25) is 0 Å². The average molecular weight is 252 g/mol. The van der Waals surface area contributed by atoms with Gasteiger partial charge in [-0.05, 0) is 32.2 Å². The van der Waals surface area contributed by atoms with Crippen LogP contribution in [-0.2, 0) is 9.53 Å². The van der Waals surface area contributed by atoms with Crippen molar-refractivity contribution in [3.8, 4) is 0 Å². The Morgan fingerprint density at radius 1 is 1.39 bits per heavy atom. The van der Waals surface area contributed by atoms with Crippen molar-refractivity contribution >= 4 is 5.91 Å². The Kier molecular flexibility index (Phi) is 4.40. The number of carbonyl (C=O) groups is 1. The van der Waals surface area contributed by atoms with Crippen molar-refractivity contribution in [2.75, 3.05) is 39.9 Å². The summed E-state index contributed by atoms with van der Waals surface area (Å²) in [6.45, 7) is 7.87. The van der Waals surface area contributed by atoms with Crippen LogP contribution in [0.15, 0.2) is 12.7 Å². The van der Waals surface area contributed by atoms with Crippen LogP contribution >= 0.6 is 0 Å². The molecule has 1 amide bonds. The number of methoxy groups -OCH3 is 1. The second kappa shape index (κ2) is 5.85. The molecule has 0 aromatic heterocycles. The van der Waals surface area contributed by atoms with Gasteiger partial charge in [0.2, 0.25) is 5.91 Å². The van der Waals surface area contributed by atoms with Crippen LogP contribution in [-0.4, -0.2) is 61.1 Å². The number of likely N-dealkylation sites (tertiary alicyclic amines) is 2. The average Bonchev–Trinajstić information content (AvgIpc) is 2.73. The number of carbonyl (C=O) groups excluding carboxylic acids is 1. The number of nitrogens with zero attached hydrogens (tertiary/aromatic N) is 2. The molecule has 0 bridgehead atoms. The molecule has 102 valence electrons. The number of ether oxygens (including phenoxy) is 1. The zero-order valence-electron chi connectivity index (χ0n) is 11.4. The minimum absolute atomic E-state index is 0.127. The van der Waals surface area contributed by atoms with Crippen molar-refractivity contribution in [1.29, 1.82) is 0 Å². The molecule has 4 heteroatoms. The first-order valence-corrected chi connectivity index (χ1v) is 6.84. The highest BCUT2D eigenvalue weighted by atomic mass is 16.5. The third-order valence-corrected chi connectivity index (χ3v) is 4.27. The molecule has 2 rings (SSSR count). The smallest absolute Gasteiger partial charge is 0.248 e. The molecule has 0 N–H and O–H groups in total. The van der Waals surface area contributed by atoms with E-state index >= 15 is 0 Å². The van der Waals surface area contributed by atoms with Crippen LogP contribution < -0.4 is 0 Å². The zero-order chi connectivity index (χ0) is 13.0. The van der Waals surface area contributed by atoms with Crippen molar-refractivity contribution in [3.05, 3.63) is 12.7 Å². The first-order valence-electron chi connectivity index (χ1n) is 6.84. The monoisotopic (exact) mass is 252 g/mol. The van der Waals surface area contributed by atoms with E-state index in [1.165, 1.54) is 19.3 Å². The van der Waals surface area contributed by atoms with Gasteiger partial charge in [0, 0.05) is 32.3 Å². The van der Waals surface area contributed by atoms with Crippen molar-refractivity contribution < 1.29 is 9.53 Å². The maximum Gasteiger partial charge on any atom is 0.248 e. The molecular weight excluding hydrogens is 228 g/mol. The lowest BCUT2D eigenvalue weighted by atomic mass is 9.86. The quantitative estimate of drug-likeness (QED) is 0.707. The van der Waals surface area contributed by atoms with Crippen LogP contribution in [0.5, 0.6) is 0 Å². The summed E-state index contributed by atoms with van der Waals surface area (Å²) in [5, 5.41) is 0. The molecule has 1 spiro atoms. The van der Waals surface area contributed by atoms with Crippen LogP contribution in [0.3, 0.4) is 0 Å². The van der Waals surface area contributed by atoms with E-state index in [0.717, 1.165) is 32.6 Å². The van der Waals surface area contributed by atoms with Crippen LogP contribution in [0.4, 0.5) is 0 Å². The van der Waals surface area contributed by atoms with Gasteiger partial charge in [-0.15, -0.1) is 6.58 Å². The first-order chi connectivity index (χ1) is 8.72. The summed E-state index contributed by atoms with van der Waals surface area (Å²) in [5.41, 5.74) is 0.204. The van der Waals surface area contributed by atoms with Gasteiger partial charge in [-0.1, -0.05) is 6.08 Å². The van der Waals surface area contributed by atoms with Gasteiger partial charge in [-0.3, -0.25) is 9.69 Å². The van der Waals surface area contributed by atoms with E-state index in [1.807, 2.05) is 11.0 Å². The fraction of sp³-hybridized carbons (Fsp3) is 0.786. The largest absolute Gasteiger partial charge is 0.375 e. The van der Waals surface area contributed by atoms with Crippen LogP contribution in [0.1, 0.15) is 25.7 Å². The van der Waals surface area contributed by atoms with E-state index in [9.17, 15) is 4.79 Å². The predicted octanol–water partition coefficient (Wildman–Crippen LogP) is 1.28. The van der Waals surface area contributed by atoms with Gasteiger partial charge < -0.3 is 9.64 Å². The summed E-state index contributed by atoms with van der Waals surface area (Å²) in [4.78, 5) is 16.5. The molecule has 0 saturated carbocycles. The van der Waals surface area contributed by atoms with E-state index in [1.54, 1.807) is 7.11 Å². The van der Waals surface area contributed by atoms with Gasteiger partial charge in [0.25, 0.3) is 0 Å². The van der Waals surface area contributed by atoms with Gasteiger partial charge in [0.05, 0.1) is 0 Å². The number of rotatable bonds is 4. The van der Waals surface area contributed by atoms with Gasteiger partial charge in [0.1, 0.15) is 6.61 Å². The van der Waals surface area contributed by atoms with Gasteiger partial charge in [-0.25, -0.2) is 0 Å². The van der Waals surface area contributed by atoms with Gasteiger partial charge >= 0.3 is 0 Å². The molecule has 18 heavy (non-hydrogen) atoms. The summed E-state index contributed by atoms with van der Waals surface area (Å²) in [6.07, 6.45) is 6.72. The fourth-order valence-corrected chi connectivity index (χ4v) is 3.44. The van der Waals surface area contributed by atoms with E-state index in [0.29, 0.717) is 0 Å². The van der Waals surface area contributed by atoms with Crippen molar-refractivity contribution in [2.24, 2.45) is 0 Å². The van der Waals surface area contributed by atoms with Crippen molar-refractivity contribution in [1.82, 2.24) is 9.80 Å². The molecule has 1 atom stereocenters. The van der Waals surface area contributed by atoms with Gasteiger partial charge in [-0.2, -0.15) is 0 Å². The zero-order valence-corrected chi connectivity index (χ0v) is 11.4. The van der Waals surface area contributed by atoms with Crippen molar-refractivity contribution in [3.63, 3.8) is 0 Å². The highest BCUT2D eigenvalue weighted by Gasteiger charge is 2.44. The molecule has 2 fully saturated rings. The molecular formula is C14H24N2O2. The Hall–Kier alpha value is -0.870. The molecule has 0 aromatic rings. The molecule has 2 heterocycles. The molecule has 0 aromatic carbocycles. The minimum atomic E-state index is 0.127. The molecule has 2 aliphatic heterocycles. The summed E-state index contributed by atoms with van der Waals surface area (Å²) in [7, 11) is 1.58. The third-order valence-electron chi connectivity index (χ3n) is 4.27. The summed E-state index contributed by atoms with van der Waals surface area (Å²) >= 11 is 0. The number of piperidine rings is 1. The Morgan fingerprint density at radius 2 is 2.11 bits per heavy atom. The second-order valence-corrected chi connectivity index (χ2v) is 5.41. The Labute approximate surface area is 110 Å². The molecule has 0 radical (unpaired) electrons. The maximum atomic E-state index is 12.0. The molecule has 4 nitrogen and oxygen atoms in total. The normalized spacial score (nSPS) is 28.8. The van der Waals surface area contributed by atoms with E-state index in [4.69, 9.17) is 4.74 Å². The Morgan fingerprint density at radius 3 is 2.78 bits per heavy atom. The molecule has 2 saturated heterocycles. The highest BCUT2D eigenvalue weighted by molar-refractivity contribution is 5.77. The van der Waals surface area contributed by atoms with E-state index in [2.05, 4.69) is 11.5 Å². The maximum absolute atomic E-state index is 12.0. The molecule has 2 aliphatic rings. The summed E-state index contributed by atoms with van der Waals surface area (Å²) in [6, 6.07) is 0. The SMILES string of the molecule is C=CCN1CCC[C@@]12CCCN(C(=O)COC)C2. The lowest BCUT2D eigenvalue weighted by molar-refractivity contribution is -0.138. The lowest BCUT2D eigenvalue weighted by Gasteiger charge is -2.45. The highest BCUT2D eigenvalue weighted by Crippen LogP contribution is 2.36. The lowest BCUT2D eigenvalue weighted by Crippen LogP contribution is -2.57. The summed E-state index contributed by atoms with van der Waals surface area (Å²) < 4.78 is 4.96. The third kappa shape index (κ3) is 2.59. The number of hydrogen-bond donors (Lipinski definition) is 0. The van der Waals surface area contributed by atoms with E-state index in [-0.39, 0.29) is 18.1 Å². The van der Waals surface area contributed by atoms with E-state index < -0.39 is 0 Å². The first kappa shape index (κ1) is 13.6. The standard InChI is InChI=1S/C14H24N2O2/c1-3-8-16-10-5-7-14(16)6-4-9-15(12-14)13(17)11-18-2/h3H,1,4-12H2,2H3/t14-/m1/s1. The Balaban J connectivity index is 2.04. The van der Waals surface area contributed by atoms with Crippen LogP contribution in [0.25, 0.3) is 0 Å². The number of amides is 1. The summed E-state index contributed by atoms with van der Waals surface area (Å²) in [5.74, 6) is 0.127. The molecule has 0 aliphatic carbocycles. The minimum Gasteiger partial charge on any atom is -0.375 e. The Bertz CT molecular complexity index is 319.